The number of carbonyl (C=O) groups excluding carboxylic acids is 1. The lowest BCUT2D eigenvalue weighted by Gasteiger charge is -2.30. The third-order valence-electron chi connectivity index (χ3n) is 5.03. The molecule has 4 nitrogen and oxygen atoms in total. The van der Waals surface area contributed by atoms with Gasteiger partial charge in [0.2, 0.25) is 5.91 Å². The summed E-state index contributed by atoms with van der Waals surface area (Å²) in [5.41, 5.74) is 1.57. The Hall–Kier alpha value is -1.98. The first kappa shape index (κ1) is 16.5. The Labute approximate surface area is 151 Å². The van der Waals surface area contributed by atoms with Crippen molar-refractivity contribution in [1.82, 2.24) is 5.32 Å². The summed E-state index contributed by atoms with van der Waals surface area (Å²) in [4.78, 5) is 13.1. The topological polar surface area (TPSA) is 47.6 Å². The summed E-state index contributed by atoms with van der Waals surface area (Å²) in [7, 11) is 1.73. The van der Waals surface area contributed by atoms with Gasteiger partial charge in [-0.05, 0) is 24.3 Å². The van der Waals surface area contributed by atoms with Crippen LogP contribution in [0, 0.1) is 0 Å². The Kier molecular flexibility index (Phi) is 4.44. The predicted molar refractivity (Wildman–Crippen MR) is 99.5 cm³/mol. The van der Waals surface area contributed by atoms with E-state index in [4.69, 9.17) is 9.47 Å². The zero-order chi connectivity index (χ0) is 17.3. The van der Waals surface area contributed by atoms with Crippen molar-refractivity contribution >= 4 is 17.7 Å². The summed E-state index contributed by atoms with van der Waals surface area (Å²) >= 11 is 1.87. The van der Waals surface area contributed by atoms with Crippen LogP contribution in [0.15, 0.2) is 48.5 Å². The summed E-state index contributed by atoms with van der Waals surface area (Å²) in [5, 5.41) is 3.14. The first-order valence-corrected chi connectivity index (χ1v) is 9.64. The van der Waals surface area contributed by atoms with Crippen LogP contribution < -0.4 is 10.1 Å². The molecule has 1 N–H and O–H groups in total. The van der Waals surface area contributed by atoms with Crippen molar-refractivity contribution in [3.8, 4) is 11.5 Å². The molecule has 1 atom stereocenters. The highest BCUT2D eigenvalue weighted by atomic mass is 32.2. The van der Waals surface area contributed by atoms with Gasteiger partial charge in [-0.25, -0.2) is 0 Å². The van der Waals surface area contributed by atoms with Gasteiger partial charge in [0.15, 0.2) is 0 Å². The molecule has 2 aliphatic heterocycles. The molecule has 1 saturated heterocycles. The SMILES string of the molecule is COC1(CNC(=O)C2c3ccccc3Oc3ccccc32)CCSC1. The number of hydrogen-bond donors (Lipinski definition) is 1. The van der Waals surface area contributed by atoms with Gasteiger partial charge in [-0.15, -0.1) is 0 Å². The fraction of sp³-hybridized carbons (Fsp3) is 0.350. The van der Waals surface area contributed by atoms with Gasteiger partial charge in [-0.3, -0.25) is 4.79 Å². The zero-order valence-corrected chi connectivity index (χ0v) is 15.0. The number of methoxy groups -OCH3 is 1. The van der Waals surface area contributed by atoms with E-state index in [2.05, 4.69) is 5.32 Å². The number of carbonyl (C=O) groups is 1. The molecule has 0 aromatic heterocycles. The molecule has 5 heteroatoms. The van der Waals surface area contributed by atoms with E-state index in [1.807, 2.05) is 60.3 Å². The first-order chi connectivity index (χ1) is 12.2. The molecule has 1 unspecified atom stereocenters. The molecule has 0 aliphatic carbocycles. The molecule has 1 fully saturated rings. The molecule has 130 valence electrons. The van der Waals surface area contributed by atoms with Crippen LogP contribution in [0.3, 0.4) is 0 Å². The molecule has 2 heterocycles. The summed E-state index contributed by atoms with van der Waals surface area (Å²) in [5.74, 6) is 3.14. The lowest BCUT2D eigenvalue weighted by molar-refractivity contribution is -0.123. The van der Waals surface area contributed by atoms with Crippen molar-refractivity contribution in [1.29, 1.82) is 0 Å². The molecular weight excluding hydrogens is 334 g/mol. The number of amides is 1. The van der Waals surface area contributed by atoms with E-state index in [1.54, 1.807) is 7.11 Å². The average Bonchev–Trinajstić information content (AvgIpc) is 3.13. The predicted octanol–water partition coefficient (Wildman–Crippen LogP) is 3.56. The van der Waals surface area contributed by atoms with E-state index in [9.17, 15) is 4.79 Å². The van der Waals surface area contributed by atoms with Gasteiger partial charge in [-0.2, -0.15) is 11.8 Å². The number of hydrogen-bond acceptors (Lipinski definition) is 4. The maximum Gasteiger partial charge on any atom is 0.232 e. The molecule has 0 spiro atoms. The van der Waals surface area contributed by atoms with Crippen LogP contribution in [-0.4, -0.2) is 36.7 Å². The highest BCUT2D eigenvalue weighted by molar-refractivity contribution is 7.99. The lowest BCUT2D eigenvalue weighted by Crippen LogP contribution is -2.46. The van der Waals surface area contributed by atoms with Gasteiger partial charge < -0.3 is 14.8 Å². The third kappa shape index (κ3) is 3.02. The first-order valence-electron chi connectivity index (χ1n) is 8.49. The fourth-order valence-electron chi connectivity index (χ4n) is 3.50. The van der Waals surface area contributed by atoms with Crippen molar-refractivity contribution in [3.05, 3.63) is 59.7 Å². The smallest absolute Gasteiger partial charge is 0.232 e. The van der Waals surface area contributed by atoms with Crippen LogP contribution in [0.1, 0.15) is 23.5 Å². The molecular formula is C20H21NO3S. The van der Waals surface area contributed by atoms with Gasteiger partial charge in [0.1, 0.15) is 11.5 Å². The van der Waals surface area contributed by atoms with Crippen molar-refractivity contribution in [3.63, 3.8) is 0 Å². The largest absolute Gasteiger partial charge is 0.457 e. The van der Waals surface area contributed by atoms with E-state index < -0.39 is 0 Å². The zero-order valence-electron chi connectivity index (χ0n) is 14.2. The highest BCUT2D eigenvalue weighted by Gasteiger charge is 2.37. The minimum Gasteiger partial charge on any atom is -0.457 e. The second-order valence-corrected chi connectivity index (χ2v) is 7.62. The maximum absolute atomic E-state index is 13.1. The summed E-state index contributed by atoms with van der Waals surface area (Å²) < 4.78 is 11.7. The fourth-order valence-corrected chi connectivity index (χ4v) is 4.90. The lowest BCUT2D eigenvalue weighted by atomic mass is 9.87. The Bertz CT molecular complexity index is 741. The van der Waals surface area contributed by atoms with Gasteiger partial charge in [0.25, 0.3) is 0 Å². The molecule has 2 aromatic carbocycles. The van der Waals surface area contributed by atoms with E-state index in [-0.39, 0.29) is 17.4 Å². The molecule has 0 saturated carbocycles. The molecule has 2 aliphatic rings. The van der Waals surface area contributed by atoms with Crippen molar-refractivity contribution in [2.24, 2.45) is 0 Å². The van der Waals surface area contributed by atoms with Crippen LogP contribution in [-0.2, 0) is 9.53 Å². The normalized spacial score (nSPS) is 22.0. The second kappa shape index (κ2) is 6.73. The van der Waals surface area contributed by atoms with Gasteiger partial charge in [0.05, 0.1) is 11.5 Å². The van der Waals surface area contributed by atoms with Crippen LogP contribution in [0.5, 0.6) is 11.5 Å². The molecule has 0 radical (unpaired) electrons. The maximum atomic E-state index is 13.1. The number of ether oxygens (including phenoxy) is 2. The molecule has 2 aromatic rings. The minimum atomic E-state index is -0.357. The Morgan fingerprint density at radius 3 is 2.40 bits per heavy atom. The Balaban J connectivity index is 1.62. The number of nitrogens with one attached hydrogen (secondary N) is 1. The van der Waals surface area contributed by atoms with Gasteiger partial charge in [0, 0.05) is 30.5 Å². The Morgan fingerprint density at radius 2 is 1.84 bits per heavy atom. The van der Waals surface area contributed by atoms with E-state index in [0.717, 1.165) is 40.6 Å². The summed E-state index contributed by atoms with van der Waals surface area (Å²) in [6.07, 6.45) is 0.968. The van der Waals surface area contributed by atoms with Crippen LogP contribution >= 0.6 is 11.8 Å². The third-order valence-corrected chi connectivity index (χ3v) is 6.25. The van der Waals surface area contributed by atoms with Crippen molar-refractivity contribution in [2.75, 3.05) is 25.2 Å². The molecule has 4 rings (SSSR count). The van der Waals surface area contributed by atoms with Gasteiger partial charge in [-0.1, -0.05) is 36.4 Å². The van der Waals surface area contributed by atoms with Crippen molar-refractivity contribution in [2.45, 2.75) is 17.9 Å². The van der Waals surface area contributed by atoms with E-state index >= 15 is 0 Å². The number of rotatable bonds is 4. The molecule has 25 heavy (non-hydrogen) atoms. The van der Waals surface area contributed by atoms with E-state index in [0.29, 0.717) is 6.54 Å². The minimum absolute atomic E-state index is 0.00322. The molecule has 0 bridgehead atoms. The van der Waals surface area contributed by atoms with E-state index in [1.165, 1.54) is 0 Å². The summed E-state index contributed by atoms with van der Waals surface area (Å²) in [6.45, 7) is 0.539. The quantitative estimate of drug-likeness (QED) is 0.911. The van der Waals surface area contributed by atoms with Crippen molar-refractivity contribution < 1.29 is 14.3 Å². The van der Waals surface area contributed by atoms with Crippen LogP contribution in [0.4, 0.5) is 0 Å². The number of benzene rings is 2. The van der Waals surface area contributed by atoms with Crippen LogP contribution in [0.25, 0.3) is 0 Å². The molecule has 1 amide bonds. The average molecular weight is 355 g/mol. The number of fused-ring (bicyclic) bond motifs is 2. The van der Waals surface area contributed by atoms with Gasteiger partial charge >= 0.3 is 0 Å². The second-order valence-electron chi connectivity index (χ2n) is 6.52. The standard InChI is InChI=1S/C20H21NO3S/c1-23-20(10-11-25-13-20)12-21-19(22)18-14-6-2-4-8-16(14)24-17-9-5-3-7-15(17)18/h2-9,18H,10-13H2,1H3,(H,21,22). The van der Waals surface area contributed by atoms with Crippen LogP contribution in [0.2, 0.25) is 0 Å². The summed E-state index contributed by atoms with van der Waals surface area (Å²) in [6, 6.07) is 15.5. The number of thioether (sulfide) groups is 1. The monoisotopic (exact) mass is 355 g/mol. The number of para-hydroxylation sites is 2. The Morgan fingerprint density at radius 1 is 1.20 bits per heavy atom. The highest BCUT2D eigenvalue weighted by Crippen LogP contribution is 2.44.